The van der Waals surface area contributed by atoms with E-state index in [0.717, 1.165) is 59.2 Å². The highest BCUT2D eigenvalue weighted by Crippen LogP contribution is 2.38. The Morgan fingerprint density at radius 2 is 1.66 bits per heavy atom. The van der Waals surface area contributed by atoms with Crippen molar-refractivity contribution in [3.63, 3.8) is 0 Å². The van der Waals surface area contributed by atoms with Gasteiger partial charge in [0.25, 0.3) is 5.91 Å². The van der Waals surface area contributed by atoms with Crippen LogP contribution in [0.15, 0.2) is 48.5 Å². The van der Waals surface area contributed by atoms with Gasteiger partial charge in [-0.3, -0.25) is 4.79 Å². The molecule has 196 valence electrons. The Kier molecular flexibility index (Phi) is 8.14. The highest BCUT2D eigenvalue weighted by molar-refractivity contribution is 7.21. The van der Waals surface area contributed by atoms with Crippen LogP contribution < -0.4 is 5.32 Å². The smallest absolute Gasteiger partial charge is 0.341 e. The van der Waals surface area contributed by atoms with Crippen molar-refractivity contribution in [3.8, 4) is 10.6 Å². The number of nitrogens with one attached hydrogen (secondary N) is 1. The number of carbonyl (C=O) groups is 3. The van der Waals surface area contributed by atoms with E-state index in [1.54, 1.807) is 19.1 Å². The molecule has 1 N–H and O–H groups in total. The molecular formula is C29H28N2O5S2. The maximum Gasteiger partial charge on any atom is 0.341 e. The average Bonchev–Trinajstić information content (AvgIpc) is 3.48. The zero-order chi connectivity index (χ0) is 26.5. The van der Waals surface area contributed by atoms with Crippen LogP contribution in [-0.4, -0.2) is 36.0 Å². The van der Waals surface area contributed by atoms with Crippen molar-refractivity contribution < 1.29 is 23.9 Å². The number of thiazole rings is 1. The molecule has 0 unspecified atom stereocenters. The fraction of sp³-hybridized carbons (Fsp3) is 0.310. The third kappa shape index (κ3) is 5.63. The Balaban J connectivity index is 1.31. The molecule has 0 saturated carbocycles. The van der Waals surface area contributed by atoms with Crippen molar-refractivity contribution in [1.29, 1.82) is 0 Å². The van der Waals surface area contributed by atoms with E-state index in [1.165, 1.54) is 22.7 Å². The summed E-state index contributed by atoms with van der Waals surface area (Å²) < 4.78 is 11.7. The number of rotatable bonds is 7. The van der Waals surface area contributed by atoms with Crippen LogP contribution in [0, 0.1) is 0 Å². The first kappa shape index (κ1) is 26.1. The van der Waals surface area contributed by atoms with Gasteiger partial charge >= 0.3 is 11.9 Å². The minimum absolute atomic E-state index is 0.253. The van der Waals surface area contributed by atoms with Gasteiger partial charge < -0.3 is 14.8 Å². The number of amides is 1. The van der Waals surface area contributed by atoms with Crippen LogP contribution in [0.4, 0.5) is 5.00 Å². The highest BCUT2D eigenvalue weighted by atomic mass is 32.1. The summed E-state index contributed by atoms with van der Waals surface area (Å²) >= 11 is 2.91. The summed E-state index contributed by atoms with van der Waals surface area (Å²) in [5.74, 6) is -1.54. The SMILES string of the molecule is CCOC(=O)c1c(NC(=O)COC(=O)c2ccccc2-c2nc3ccccc3s2)sc2c1CCCCCC2. The Bertz CT molecular complexity index is 1460. The summed E-state index contributed by atoms with van der Waals surface area (Å²) in [5, 5.41) is 3.98. The molecule has 2 aromatic heterocycles. The Morgan fingerprint density at radius 1 is 0.895 bits per heavy atom. The van der Waals surface area contributed by atoms with Crippen molar-refractivity contribution in [1.82, 2.24) is 4.98 Å². The number of esters is 2. The number of aryl methyl sites for hydroxylation is 1. The van der Waals surface area contributed by atoms with Crippen LogP contribution in [0.2, 0.25) is 0 Å². The van der Waals surface area contributed by atoms with Crippen LogP contribution in [0.25, 0.3) is 20.8 Å². The van der Waals surface area contributed by atoms with Gasteiger partial charge in [0, 0.05) is 10.4 Å². The number of nitrogens with zero attached hydrogens (tertiary/aromatic N) is 1. The zero-order valence-electron chi connectivity index (χ0n) is 21.1. The second kappa shape index (κ2) is 11.9. The fourth-order valence-corrected chi connectivity index (χ4v) is 6.93. The molecule has 38 heavy (non-hydrogen) atoms. The number of hydrogen-bond donors (Lipinski definition) is 1. The van der Waals surface area contributed by atoms with Gasteiger partial charge in [-0.15, -0.1) is 22.7 Å². The number of anilines is 1. The molecule has 0 fully saturated rings. The lowest BCUT2D eigenvalue weighted by Gasteiger charge is -2.11. The summed E-state index contributed by atoms with van der Waals surface area (Å²) in [7, 11) is 0. The van der Waals surface area contributed by atoms with Gasteiger partial charge in [-0.25, -0.2) is 14.6 Å². The molecule has 4 aromatic rings. The zero-order valence-corrected chi connectivity index (χ0v) is 22.7. The summed E-state index contributed by atoms with van der Waals surface area (Å²) in [4.78, 5) is 44.4. The lowest BCUT2D eigenvalue weighted by atomic mass is 9.96. The van der Waals surface area contributed by atoms with E-state index in [-0.39, 0.29) is 6.61 Å². The summed E-state index contributed by atoms with van der Waals surface area (Å²) in [6, 6.07) is 14.9. The first-order valence-electron chi connectivity index (χ1n) is 12.8. The topological polar surface area (TPSA) is 94.6 Å². The number of carbonyl (C=O) groups excluding carboxylic acids is 3. The second-order valence-electron chi connectivity index (χ2n) is 9.00. The number of thiophene rings is 1. The van der Waals surface area contributed by atoms with Crippen molar-refractivity contribution in [3.05, 3.63) is 70.1 Å². The molecule has 7 nitrogen and oxygen atoms in total. The van der Waals surface area contributed by atoms with Crippen molar-refractivity contribution in [2.45, 2.75) is 45.4 Å². The normalized spacial score (nSPS) is 13.3. The van der Waals surface area contributed by atoms with Crippen LogP contribution in [0.3, 0.4) is 0 Å². The van der Waals surface area contributed by atoms with Crippen LogP contribution in [-0.2, 0) is 27.1 Å². The number of para-hydroxylation sites is 1. The quantitative estimate of drug-likeness (QED) is 0.260. The lowest BCUT2D eigenvalue weighted by Crippen LogP contribution is -2.22. The molecule has 5 rings (SSSR count). The third-order valence-corrected chi connectivity index (χ3v) is 8.69. The Hall–Kier alpha value is -3.56. The first-order valence-corrected chi connectivity index (χ1v) is 14.4. The monoisotopic (exact) mass is 548 g/mol. The molecule has 0 radical (unpaired) electrons. The molecule has 0 saturated heterocycles. The largest absolute Gasteiger partial charge is 0.462 e. The van der Waals surface area contributed by atoms with Gasteiger partial charge in [0.2, 0.25) is 0 Å². The number of hydrogen-bond acceptors (Lipinski definition) is 8. The molecular weight excluding hydrogens is 520 g/mol. The van der Waals surface area contributed by atoms with Crippen LogP contribution >= 0.6 is 22.7 Å². The van der Waals surface area contributed by atoms with E-state index < -0.39 is 24.5 Å². The van der Waals surface area contributed by atoms with E-state index in [4.69, 9.17) is 9.47 Å². The fourth-order valence-electron chi connectivity index (χ4n) is 4.63. The van der Waals surface area contributed by atoms with E-state index in [2.05, 4.69) is 10.3 Å². The van der Waals surface area contributed by atoms with Gasteiger partial charge in [-0.05, 0) is 56.4 Å². The first-order chi connectivity index (χ1) is 18.5. The Labute approximate surface area is 228 Å². The second-order valence-corrected chi connectivity index (χ2v) is 11.1. The number of ether oxygens (including phenoxy) is 2. The van der Waals surface area contributed by atoms with E-state index >= 15 is 0 Å². The summed E-state index contributed by atoms with van der Waals surface area (Å²) in [5.41, 5.74) is 3.27. The van der Waals surface area contributed by atoms with E-state index in [0.29, 0.717) is 26.7 Å². The van der Waals surface area contributed by atoms with Crippen molar-refractivity contribution in [2.75, 3.05) is 18.5 Å². The highest BCUT2D eigenvalue weighted by Gasteiger charge is 2.26. The number of fused-ring (bicyclic) bond motifs is 2. The molecule has 1 amide bonds. The summed E-state index contributed by atoms with van der Waals surface area (Å²) in [6.07, 6.45) is 5.98. The van der Waals surface area contributed by atoms with Gasteiger partial charge in [0.15, 0.2) is 6.61 Å². The van der Waals surface area contributed by atoms with E-state index in [9.17, 15) is 14.4 Å². The predicted molar refractivity (Wildman–Crippen MR) is 150 cm³/mol. The van der Waals surface area contributed by atoms with Gasteiger partial charge in [-0.1, -0.05) is 43.2 Å². The molecule has 1 aliphatic carbocycles. The maximum atomic E-state index is 13.0. The number of aromatic nitrogens is 1. The molecule has 1 aliphatic rings. The van der Waals surface area contributed by atoms with E-state index in [1.807, 2.05) is 36.4 Å². The molecule has 0 atom stereocenters. The molecule has 2 heterocycles. The third-order valence-electron chi connectivity index (χ3n) is 6.41. The average molecular weight is 549 g/mol. The minimum atomic E-state index is -0.612. The van der Waals surface area contributed by atoms with Gasteiger partial charge in [-0.2, -0.15) is 0 Å². The standard InChI is InChI=1S/C29H28N2O5S2/c1-2-35-29(34)25-20-13-5-3-4-6-15-22(20)37-27(25)31-24(32)17-36-28(33)19-12-8-7-11-18(19)26-30-21-14-9-10-16-23(21)38-26/h7-12,14,16H,2-6,13,15,17H2,1H3,(H,31,32). The lowest BCUT2D eigenvalue weighted by molar-refractivity contribution is -0.119. The van der Waals surface area contributed by atoms with Crippen LogP contribution in [0.5, 0.6) is 0 Å². The summed E-state index contributed by atoms with van der Waals surface area (Å²) in [6.45, 7) is 1.54. The molecule has 9 heteroatoms. The molecule has 0 spiro atoms. The van der Waals surface area contributed by atoms with Gasteiger partial charge in [0.05, 0.1) is 28.0 Å². The molecule has 0 aliphatic heterocycles. The Morgan fingerprint density at radius 3 is 2.47 bits per heavy atom. The molecule has 0 bridgehead atoms. The predicted octanol–water partition coefficient (Wildman–Crippen LogP) is 6.66. The van der Waals surface area contributed by atoms with Gasteiger partial charge in [0.1, 0.15) is 10.0 Å². The van der Waals surface area contributed by atoms with Crippen LogP contribution in [0.1, 0.15) is 63.8 Å². The van der Waals surface area contributed by atoms with Crippen molar-refractivity contribution >= 4 is 55.7 Å². The minimum Gasteiger partial charge on any atom is -0.462 e. The number of benzene rings is 2. The molecule has 2 aromatic carbocycles. The van der Waals surface area contributed by atoms with Crippen molar-refractivity contribution in [2.24, 2.45) is 0 Å². The maximum absolute atomic E-state index is 13.0.